The summed E-state index contributed by atoms with van der Waals surface area (Å²) in [5.41, 5.74) is 0.628. The maximum absolute atomic E-state index is 12.9. The van der Waals surface area contributed by atoms with Crippen LogP contribution in [0.5, 0.6) is 5.75 Å². The maximum Gasteiger partial charge on any atom is 0.511 e. The van der Waals surface area contributed by atoms with Gasteiger partial charge in [0.25, 0.3) is 0 Å². The minimum absolute atomic E-state index is 0.0329. The van der Waals surface area contributed by atoms with Crippen LogP contribution in [0.4, 0.5) is 4.79 Å². The highest BCUT2D eigenvalue weighted by Gasteiger charge is 2.68. The topological polar surface area (TPSA) is 119 Å². The van der Waals surface area contributed by atoms with E-state index in [1.54, 1.807) is 19.1 Å². The predicted octanol–water partition coefficient (Wildman–Crippen LogP) is 4.22. The number of rotatable bonds is 10. The molecule has 1 aromatic rings. The molecule has 1 heterocycles. The van der Waals surface area contributed by atoms with E-state index in [2.05, 4.69) is 26.1 Å². The van der Waals surface area contributed by atoms with Crippen molar-refractivity contribution in [3.8, 4) is 5.75 Å². The number of amides is 1. The van der Waals surface area contributed by atoms with Crippen LogP contribution in [0.25, 0.3) is 0 Å². The Kier molecular flexibility index (Phi) is 8.07. The summed E-state index contributed by atoms with van der Waals surface area (Å²) in [6.07, 6.45) is 4.31. The molecule has 5 fully saturated rings. The molecular weight excluding hydrogens is 517 g/mol. The van der Waals surface area contributed by atoms with E-state index in [0.717, 1.165) is 32.1 Å². The van der Waals surface area contributed by atoms with Crippen LogP contribution in [-0.2, 0) is 34.7 Å². The molecule has 1 amide bonds. The Hall–Kier alpha value is -2.79. The van der Waals surface area contributed by atoms with Gasteiger partial charge in [-0.05, 0) is 74.3 Å². The van der Waals surface area contributed by atoms with E-state index < -0.39 is 37.6 Å². The second kappa shape index (κ2) is 11.2. The molecule has 2 bridgehead atoms. The quantitative estimate of drug-likeness (QED) is 0.256. The Morgan fingerprint density at radius 2 is 1.93 bits per heavy atom. The number of methoxy groups -OCH3 is 1. The fourth-order valence-corrected chi connectivity index (χ4v) is 6.85. The molecule has 6 rings (SSSR count). The average molecular weight is 557 g/mol. The Labute approximate surface area is 235 Å². The van der Waals surface area contributed by atoms with E-state index in [4.69, 9.17) is 28.3 Å². The van der Waals surface area contributed by atoms with Crippen LogP contribution in [0.3, 0.4) is 0 Å². The number of carbonyl (C=O) groups excluding carboxylic acids is 3. The molecule has 218 valence electrons. The third-order valence-corrected chi connectivity index (χ3v) is 9.61. The van der Waals surface area contributed by atoms with Crippen molar-refractivity contribution in [3.63, 3.8) is 0 Å². The summed E-state index contributed by atoms with van der Waals surface area (Å²) in [4.78, 5) is 37.2. The van der Waals surface area contributed by atoms with Gasteiger partial charge >= 0.3 is 19.2 Å². The molecule has 1 aromatic carbocycles. The molecule has 11 heteroatoms. The van der Waals surface area contributed by atoms with Crippen LogP contribution in [0.2, 0.25) is 0 Å². The fourth-order valence-electron chi connectivity index (χ4n) is 6.85. The summed E-state index contributed by atoms with van der Waals surface area (Å²) in [5, 5.41) is 3.07. The lowest BCUT2D eigenvalue weighted by atomic mass is 9.43. The molecule has 1 saturated heterocycles. The minimum Gasteiger partial charge on any atom is -0.496 e. The van der Waals surface area contributed by atoms with E-state index in [0.29, 0.717) is 36.0 Å². The first-order chi connectivity index (χ1) is 19.1. The summed E-state index contributed by atoms with van der Waals surface area (Å²) in [5.74, 6) is -0.0312. The van der Waals surface area contributed by atoms with Gasteiger partial charge in [0, 0.05) is 6.42 Å². The maximum atomic E-state index is 12.9. The summed E-state index contributed by atoms with van der Waals surface area (Å²) in [6.45, 7) is 7.97. The largest absolute Gasteiger partial charge is 0.511 e. The Balaban J connectivity index is 1.28. The highest BCUT2D eigenvalue weighted by atomic mass is 16.8. The van der Waals surface area contributed by atoms with Crippen molar-refractivity contribution in [2.24, 2.45) is 17.3 Å². The lowest BCUT2D eigenvalue weighted by Gasteiger charge is -2.64. The molecule has 5 atom stereocenters. The standard InChI is InChI=1S/C29H40BNO9/c1-6-24(32)31-23(30-39-22-15-18-14-21(28(18,2)3)29(22,4)40-30)13-17-9-7-12-20(25(17)35-5)26(33)36-16-37-27(34)38-19-10-8-11-19/h7,9,12,18-19,21-23H,6,8,10-11,13-16H2,1-5H3,(H,31,32). The van der Waals surface area contributed by atoms with Crippen LogP contribution >= 0.6 is 0 Å². The van der Waals surface area contributed by atoms with Crippen LogP contribution in [0.15, 0.2) is 18.2 Å². The molecule has 40 heavy (non-hydrogen) atoms. The van der Waals surface area contributed by atoms with Gasteiger partial charge in [0.15, 0.2) is 0 Å². The molecule has 5 unspecified atom stereocenters. The van der Waals surface area contributed by atoms with E-state index in [1.807, 2.05) is 6.07 Å². The number of para-hydroxylation sites is 1. The van der Waals surface area contributed by atoms with Gasteiger partial charge in [-0.1, -0.05) is 32.9 Å². The van der Waals surface area contributed by atoms with Gasteiger partial charge in [-0.3, -0.25) is 4.79 Å². The molecule has 0 aromatic heterocycles. The molecule has 5 aliphatic rings. The van der Waals surface area contributed by atoms with Crippen molar-refractivity contribution >= 4 is 25.2 Å². The zero-order valence-electron chi connectivity index (χ0n) is 24.0. The highest BCUT2D eigenvalue weighted by Crippen LogP contribution is 2.65. The highest BCUT2D eigenvalue weighted by molar-refractivity contribution is 6.48. The zero-order valence-corrected chi connectivity index (χ0v) is 24.0. The summed E-state index contributed by atoms with van der Waals surface area (Å²) in [7, 11) is 0.825. The number of hydrogen-bond acceptors (Lipinski definition) is 9. The normalized spacial score (nSPS) is 28.8. The first-order valence-corrected chi connectivity index (χ1v) is 14.4. The van der Waals surface area contributed by atoms with Gasteiger partial charge in [-0.15, -0.1) is 0 Å². The molecular formula is C29H40BNO9. The SMILES string of the molecule is CCC(=O)NC(Cc1cccc(C(=O)OCOC(=O)OC2CCC2)c1OC)B1OC2CC3CC(C3(C)C)C2(C)O1. The van der Waals surface area contributed by atoms with Crippen molar-refractivity contribution in [2.75, 3.05) is 13.9 Å². The number of carbonyl (C=O) groups is 3. The first kappa shape index (κ1) is 28.7. The van der Waals surface area contributed by atoms with Gasteiger partial charge in [-0.2, -0.15) is 0 Å². The third kappa shape index (κ3) is 5.30. The molecule has 4 saturated carbocycles. The van der Waals surface area contributed by atoms with Gasteiger partial charge in [-0.25, -0.2) is 9.59 Å². The molecule has 4 aliphatic carbocycles. The van der Waals surface area contributed by atoms with Gasteiger partial charge in [0.1, 0.15) is 17.4 Å². The van der Waals surface area contributed by atoms with Crippen molar-refractivity contribution in [1.82, 2.24) is 5.32 Å². The lowest BCUT2D eigenvalue weighted by molar-refractivity contribution is -0.199. The van der Waals surface area contributed by atoms with E-state index in [1.165, 1.54) is 7.11 Å². The second-order valence-electron chi connectivity index (χ2n) is 12.2. The monoisotopic (exact) mass is 557 g/mol. The number of hydrogen-bond donors (Lipinski definition) is 1. The minimum atomic E-state index is -0.862. The number of ether oxygens (including phenoxy) is 4. The second-order valence-corrected chi connectivity index (χ2v) is 12.2. The summed E-state index contributed by atoms with van der Waals surface area (Å²) >= 11 is 0. The van der Waals surface area contributed by atoms with Gasteiger partial charge in [0.05, 0.1) is 24.8 Å². The summed E-state index contributed by atoms with van der Waals surface area (Å²) in [6, 6.07) is 5.12. The predicted molar refractivity (Wildman–Crippen MR) is 145 cm³/mol. The van der Waals surface area contributed by atoms with Crippen LogP contribution < -0.4 is 10.1 Å². The lowest BCUT2D eigenvalue weighted by Crippen LogP contribution is -2.65. The Bertz CT molecular complexity index is 1140. The van der Waals surface area contributed by atoms with Crippen LogP contribution in [-0.4, -0.2) is 62.8 Å². The van der Waals surface area contributed by atoms with E-state index >= 15 is 0 Å². The van der Waals surface area contributed by atoms with Gasteiger partial charge < -0.3 is 33.6 Å². The smallest absolute Gasteiger partial charge is 0.496 e. The first-order valence-electron chi connectivity index (χ1n) is 14.4. The van der Waals surface area contributed by atoms with Crippen molar-refractivity contribution in [3.05, 3.63) is 29.3 Å². The molecule has 0 spiro atoms. The number of nitrogens with one attached hydrogen (secondary N) is 1. The van der Waals surface area contributed by atoms with Crippen molar-refractivity contribution in [2.45, 2.75) is 96.4 Å². The third-order valence-electron chi connectivity index (χ3n) is 9.61. The molecule has 10 nitrogen and oxygen atoms in total. The fraction of sp³-hybridized carbons (Fsp3) is 0.690. The molecule has 1 N–H and O–H groups in total. The Morgan fingerprint density at radius 1 is 1.15 bits per heavy atom. The average Bonchev–Trinajstić information content (AvgIpc) is 3.27. The van der Waals surface area contributed by atoms with Crippen molar-refractivity contribution < 1.29 is 42.6 Å². The molecule has 0 radical (unpaired) electrons. The number of esters is 1. The van der Waals surface area contributed by atoms with Crippen LogP contribution in [0, 0.1) is 17.3 Å². The van der Waals surface area contributed by atoms with Crippen LogP contribution in [0.1, 0.15) is 82.1 Å². The zero-order chi connectivity index (χ0) is 28.7. The number of benzene rings is 1. The van der Waals surface area contributed by atoms with Crippen molar-refractivity contribution in [1.29, 1.82) is 0 Å². The Morgan fingerprint density at radius 3 is 2.58 bits per heavy atom. The van der Waals surface area contributed by atoms with Gasteiger partial charge in [0.2, 0.25) is 12.7 Å². The van der Waals surface area contributed by atoms with E-state index in [-0.39, 0.29) is 29.1 Å². The van der Waals surface area contributed by atoms with E-state index in [9.17, 15) is 14.4 Å². The summed E-state index contributed by atoms with van der Waals surface area (Å²) < 4.78 is 33.9. The molecule has 1 aliphatic heterocycles.